The van der Waals surface area contributed by atoms with Crippen LogP contribution in [-0.4, -0.2) is 82.0 Å². The molecule has 1 unspecified atom stereocenters. The van der Waals surface area contributed by atoms with E-state index < -0.39 is 58.0 Å². The molecule has 17 heteroatoms. The Morgan fingerprint density at radius 3 is 1.64 bits per heavy atom. The number of aliphatic carboxylic acids is 2. The maximum Gasteiger partial charge on any atom is 1.00 e. The molecule has 0 aromatic rings. The van der Waals surface area contributed by atoms with Crippen molar-refractivity contribution in [2.24, 2.45) is 0 Å². The van der Waals surface area contributed by atoms with Crippen LogP contribution < -0.4 is 74.6 Å². The van der Waals surface area contributed by atoms with Gasteiger partial charge in [-0.3, -0.25) is 9.59 Å². The third kappa shape index (κ3) is 24.9. The maximum absolute atomic E-state index is 12.7. The number of carboxylic acids is 2. The van der Waals surface area contributed by atoms with Crippen LogP contribution in [0.4, 0.5) is 0 Å². The molecule has 0 saturated heterocycles. The van der Waals surface area contributed by atoms with Gasteiger partial charge in [-0.25, -0.2) is 0 Å². The molecule has 0 heterocycles. The minimum absolute atomic E-state index is 0. The topological polar surface area (TPSA) is 157 Å². The van der Waals surface area contributed by atoms with E-state index in [4.69, 9.17) is 12.3 Å². The third-order valence-corrected chi connectivity index (χ3v) is 18.3. The average molecular weight is 641 g/mol. The molecule has 0 aliphatic carbocycles. The van der Waals surface area contributed by atoms with Gasteiger partial charge in [0.05, 0.1) is 0 Å². The van der Waals surface area contributed by atoms with Crippen molar-refractivity contribution in [3.63, 3.8) is 0 Å². The summed E-state index contributed by atoms with van der Waals surface area (Å²) in [5.74, 6) is -3.45. The molecule has 0 spiro atoms. The van der Waals surface area contributed by atoms with Crippen LogP contribution in [0.3, 0.4) is 0 Å². The summed E-state index contributed by atoms with van der Waals surface area (Å²) in [6, 6.07) is 0.616. The van der Waals surface area contributed by atoms with E-state index in [0.717, 1.165) is 0 Å². The predicted octanol–water partition coefficient (Wildman–Crippen LogP) is -5.12. The fourth-order valence-electron chi connectivity index (χ4n) is 4.00. The second kappa shape index (κ2) is 19.7. The van der Waals surface area contributed by atoms with Crippen molar-refractivity contribution in [1.29, 1.82) is 0 Å². The van der Waals surface area contributed by atoms with Gasteiger partial charge >= 0.3 is 76.2 Å². The fraction of sp³-hybridized carbons (Fsp3) is 0.818. The Hall–Kier alpha value is 0.628. The van der Waals surface area contributed by atoms with Gasteiger partial charge in [-0.05, 0) is 84.2 Å². The normalized spacial score (nSPS) is 13.4. The second-order valence-corrected chi connectivity index (χ2v) is 28.1. The van der Waals surface area contributed by atoms with Crippen LogP contribution in [0, 0.1) is 0 Å². The van der Waals surface area contributed by atoms with Crippen molar-refractivity contribution in [3.8, 4) is 0 Å². The van der Waals surface area contributed by atoms with E-state index in [0.29, 0.717) is 19.0 Å². The van der Waals surface area contributed by atoms with Gasteiger partial charge in [-0.15, -0.1) is 0 Å². The number of carboxylic acid groups (broad SMARTS) is 2. The maximum atomic E-state index is 12.7. The summed E-state index contributed by atoms with van der Waals surface area (Å²) in [6.45, 7) is 19.4. The van der Waals surface area contributed by atoms with Gasteiger partial charge in [0.1, 0.15) is 0 Å². The zero-order valence-electron chi connectivity index (χ0n) is 26.0. The molecular formula is C22H46N2Na2O9Si4. The van der Waals surface area contributed by atoms with Gasteiger partial charge < -0.3 is 42.4 Å². The molecule has 0 bridgehead atoms. The molecule has 1 N–H and O–H groups in total. The zero-order valence-corrected chi connectivity index (χ0v) is 34.0. The number of rotatable bonds is 19. The van der Waals surface area contributed by atoms with E-state index in [1.54, 1.807) is 0 Å². The van der Waals surface area contributed by atoms with Gasteiger partial charge in [-0.1, -0.05) is 0 Å². The number of hydrogen-bond acceptors (Lipinski definition) is 9. The van der Waals surface area contributed by atoms with Crippen molar-refractivity contribution in [2.75, 3.05) is 19.6 Å². The minimum atomic E-state index is -2.68. The summed E-state index contributed by atoms with van der Waals surface area (Å²) in [7, 11) is -8.94. The Labute approximate surface area is 282 Å². The smallest absolute Gasteiger partial charge is 0.550 e. The Morgan fingerprint density at radius 2 is 1.18 bits per heavy atom. The molecule has 0 radical (unpaired) electrons. The second-order valence-electron chi connectivity index (χ2n) is 11.6. The average Bonchev–Trinajstić information content (AvgIpc) is 2.65. The minimum Gasteiger partial charge on any atom is -0.550 e. The number of amides is 2. The van der Waals surface area contributed by atoms with E-state index in [9.17, 15) is 29.4 Å². The molecule has 0 aromatic heterocycles. The van der Waals surface area contributed by atoms with Crippen LogP contribution >= 0.6 is 0 Å². The zero-order chi connectivity index (χ0) is 29.1. The Morgan fingerprint density at radius 1 is 0.692 bits per heavy atom. The number of hydrogen-bond donors (Lipinski definition) is 1. The van der Waals surface area contributed by atoms with Crippen molar-refractivity contribution < 1.29 is 101 Å². The Kier molecular flexibility index (Phi) is 22.3. The Balaban J connectivity index is -0.00000648. The number of nitrogens with zero attached hydrogens (tertiary/aromatic N) is 1. The monoisotopic (exact) mass is 640 g/mol. The molecule has 0 rings (SSSR count). The quantitative estimate of drug-likeness (QED) is 0.136. The number of carbonyl (C=O) groups is 4. The summed E-state index contributed by atoms with van der Waals surface area (Å²) in [4.78, 5) is 47.4. The molecule has 0 saturated carbocycles. The summed E-state index contributed by atoms with van der Waals surface area (Å²) in [5.41, 5.74) is 0. The molecule has 39 heavy (non-hydrogen) atoms. The molecule has 216 valence electrons. The van der Waals surface area contributed by atoms with Gasteiger partial charge in [0, 0.05) is 44.4 Å². The van der Waals surface area contributed by atoms with E-state index in [-0.39, 0.29) is 97.4 Å². The Bertz CT molecular complexity index is 796. The van der Waals surface area contributed by atoms with E-state index in [1.807, 2.05) is 19.6 Å². The van der Waals surface area contributed by atoms with E-state index in [2.05, 4.69) is 44.6 Å². The van der Waals surface area contributed by atoms with Crippen molar-refractivity contribution in [1.82, 2.24) is 10.2 Å². The summed E-state index contributed by atoms with van der Waals surface area (Å²) in [5, 5.41) is 24.0. The summed E-state index contributed by atoms with van der Waals surface area (Å²) in [6.07, 6.45) is -0.631. The molecular weight excluding hydrogens is 595 g/mol. The van der Waals surface area contributed by atoms with Gasteiger partial charge in [0.15, 0.2) is 16.6 Å². The van der Waals surface area contributed by atoms with Gasteiger partial charge in [-0.2, -0.15) is 0 Å². The van der Waals surface area contributed by atoms with Crippen LogP contribution in [0.2, 0.25) is 65.0 Å². The van der Waals surface area contributed by atoms with E-state index >= 15 is 0 Å². The number of carbonyl (C=O) groups excluding carboxylic acids is 4. The summed E-state index contributed by atoms with van der Waals surface area (Å²) >= 11 is 0. The van der Waals surface area contributed by atoms with Crippen LogP contribution in [0.5, 0.6) is 0 Å². The SMILES string of the molecule is C[Si](C)(C)O[Si](C)(C)O[Si](C)(CCCN(CCNC(=O)CCC(=O)[O-])C(=O)CCC(=O)[O-])O[Si](C)(C)C.[Na+].[Na+]. The summed E-state index contributed by atoms with van der Waals surface area (Å²) < 4.78 is 19.6. The first kappa shape index (κ1) is 44.1. The molecule has 0 fully saturated rings. The first-order chi connectivity index (χ1) is 16.6. The molecule has 0 aromatic carbocycles. The third-order valence-electron chi connectivity index (χ3n) is 4.75. The molecule has 0 aliphatic rings. The van der Waals surface area contributed by atoms with Gasteiger partial charge in [0.2, 0.25) is 11.8 Å². The predicted molar refractivity (Wildman–Crippen MR) is 147 cm³/mol. The van der Waals surface area contributed by atoms with Crippen molar-refractivity contribution in [2.45, 2.75) is 97.1 Å². The van der Waals surface area contributed by atoms with Crippen LogP contribution in [-0.2, 0) is 31.5 Å². The molecule has 0 aliphatic heterocycles. The van der Waals surface area contributed by atoms with Gasteiger partial charge in [0.25, 0.3) is 0 Å². The van der Waals surface area contributed by atoms with E-state index in [1.165, 1.54) is 4.90 Å². The van der Waals surface area contributed by atoms with Crippen LogP contribution in [0.1, 0.15) is 32.1 Å². The van der Waals surface area contributed by atoms with Crippen molar-refractivity contribution >= 4 is 57.5 Å². The molecule has 11 nitrogen and oxygen atoms in total. The standard InChI is InChI=1S/C22H48N2O9Si4.2Na/c1-34(2,3)31-36(7,8)33-37(9,32-35(4,5)6)18-10-16-24(20(26)12-14-22(29)30)17-15-23-19(25)11-13-21(27)28;;/h10-18H2,1-9H3,(H,23,25)(H,27,28)(H,29,30);;/q;2*+1/p-2. The first-order valence-electron chi connectivity index (χ1n) is 12.7. The van der Waals surface area contributed by atoms with Crippen LogP contribution in [0.15, 0.2) is 0 Å². The largest absolute Gasteiger partial charge is 1.00 e. The molecule has 2 amide bonds. The number of nitrogens with one attached hydrogen (secondary N) is 1. The van der Waals surface area contributed by atoms with Crippen LogP contribution in [0.25, 0.3) is 0 Å². The molecule has 1 atom stereocenters. The fourth-order valence-corrected chi connectivity index (χ4v) is 21.9. The van der Waals surface area contributed by atoms with Crippen molar-refractivity contribution in [3.05, 3.63) is 0 Å². The first-order valence-corrected chi connectivity index (χ1v) is 24.8.